The van der Waals surface area contributed by atoms with Gasteiger partial charge in [-0.15, -0.1) is 0 Å². The van der Waals surface area contributed by atoms with Gasteiger partial charge in [0.15, 0.2) is 0 Å². The molecule has 5 rings (SSSR count). The number of carbonyl (C=O) groups is 1. The van der Waals surface area contributed by atoms with Gasteiger partial charge in [0.25, 0.3) is 5.91 Å². The summed E-state index contributed by atoms with van der Waals surface area (Å²) in [6, 6.07) is 7.97. The zero-order valence-corrected chi connectivity index (χ0v) is 22.2. The molecule has 1 unspecified atom stereocenters. The quantitative estimate of drug-likeness (QED) is 0.591. The summed E-state index contributed by atoms with van der Waals surface area (Å²) in [5.74, 6) is 0.765. The van der Waals surface area contributed by atoms with Crippen molar-refractivity contribution in [2.45, 2.75) is 58.5 Å². The number of fused-ring (bicyclic) bond motifs is 1. The second-order valence-corrected chi connectivity index (χ2v) is 11.3. The first kappa shape index (κ1) is 23.9. The highest BCUT2D eigenvalue weighted by molar-refractivity contribution is 9.10. The highest BCUT2D eigenvalue weighted by Crippen LogP contribution is 2.39. The van der Waals surface area contributed by atoms with Gasteiger partial charge in [-0.1, -0.05) is 22.0 Å². The molecule has 2 aromatic rings. The van der Waals surface area contributed by atoms with Gasteiger partial charge in [-0.25, -0.2) is 9.97 Å². The van der Waals surface area contributed by atoms with Crippen molar-refractivity contribution in [3.63, 3.8) is 0 Å². The summed E-state index contributed by atoms with van der Waals surface area (Å²) in [6.07, 6.45) is 6.14. The van der Waals surface area contributed by atoms with Crippen LogP contribution in [0, 0.1) is 19.8 Å². The van der Waals surface area contributed by atoms with Crippen LogP contribution >= 0.6 is 15.9 Å². The van der Waals surface area contributed by atoms with Crippen LogP contribution in [0.5, 0.6) is 0 Å². The normalized spacial score (nSPS) is 24.4. The molecule has 3 aliphatic rings. The first-order valence-electron chi connectivity index (χ1n) is 12.7. The molecule has 1 aliphatic carbocycles. The number of piperidine rings is 1. The van der Waals surface area contributed by atoms with Crippen LogP contribution in [0.4, 0.5) is 0 Å². The molecule has 1 aromatic heterocycles. The number of likely N-dealkylation sites (tertiary alicyclic amines) is 1. The zero-order chi connectivity index (χ0) is 23.8. The van der Waals surface area contributed by atoms with Crippen LogP contribution in [-0.4, -0.2) is 75.9 Å². The van der Waals surface area contributed by atoms with Gasteiger partial charge in [0.2, 0.25) is 0 Å². The molecule has 0 spiro atoms. The lowest BCUT2D eigenvalue weighted by atomic mass is 9.94. The Morgan fingerprint density at radius 3 is 2.50 bits per heavy atom. The molecular formula is C27H36BrN5O. The van der Waals surface area contributed by atoms with Crippen molar-refractivity contribution in [1.29, 1.82) is 0 Å². The minimum absolute atomic E-state index is 0.0974. The van der Waals surface area contributed by atoms with Gasteiger partial charge < -0.3 is 9.80 Å². The van der Waals surface area contributed by atoms with Crippen molar-refractivity contribution in [2.24, 2.45) is 5.92 Å². The van der Waals surface area contributed by atoms with E-state index < -0.39 is 0 Å². The summed E-state index contributed by atoms with van der Waals surface area (Å²) < 4.78 is 1.19. The van der Waals surface area contributed by atoms with Crippen molar-refractivity contribution < 1.29 is 4.79 Å². The average molecular weight is 527 g/mol. The van der Waals surface area contributed by atoms with E-state index in [1.54, 1.807) is 6.33 Å². The third-order valence-electron chi connectivity index (χ3n) is 8.17. The van der Waals surface area contributed by atoms with E-state index in [4.69, 9.17) is 0 Å². The number of halogens is 1. The number of aryl methyl sites for hydroxylation is 3. The van der Waals surface area contributed by atoms with Crippen molar-refractivity contribution in [2.75, 3.05) is 39.3 Å². The van der Waals surface area contributed by atoms with Crippen molar-refractivity contribution >= 4 is 21.8 Å². The Kier molecular flexibility index (Phi) is 7.05. The Labute approximate surface area is 211 Å². The molecule has 0 radical (unpaired) electrons. The van der Waals surface area contributed by atoms with E-state index in [0.29, 0.717) is 23.6 Å². The zero-order valence-electron chi connectivity index (χ0n) is 20.6. The number of aromatic nitrogens is 2. The molecule has 0 bridgehead atoms. The third-order valence-corrected chi connectivity index (χ3v) is 8.67. The van der Waals surface area contributed by atoms with Gasteiger partial charge in [-0.3, -0.25) is 9.69 Å². The van der Waals surface area contributed by atoms with E-state index in [9.17, 15) is 4.79 Å². The van der Waals surface area contributed by atoms with Crippen molar-refractivity contribution in [3.8, 4) is 0 Å². The van der Waals surface area contributed by atoms with Crippen molar-refractivity contribution in [1.82, 2.24) is 24.7 Å². The number of rotatable bonds is 4. The van der Waals surface area contributed by atoms with Crippen LogP contribution in [0.15, 0.2) is 29.0 Å². The number of benzene rings is 1. The molecule has 34 heavy (non-hydrogen) atoms. The Bertz CT molecular complexity index is 1030. The maximum Gasteiger partial charge on any atom is 0.257 e. The first-order chi connectivity index (χ1) is 16.4. The Hall–Kier alpha value is -1.83. The summed E-state index contributed by atoms with van der Waals surface area (Å²) in [5.41, 5.74) is 5.30. The maximum absolute atomic E-state index is 13.1. The van der Waals surface area contributed by atoms with Gasteiger partial charge >= 0.3 is 0 Å². The molecule has 6 nitrogen and oxygen atoms in total. The number of carbonyl (C=O) groups excluding carboxylic acids is 1. The van der Waals surface area contributed by atoms with Crippen LogP contribution in [0.25, 0.3) is 0 Å². The highest BCUT2D eigenvalue weighted by Gasteiger charge is 2.35. The van der Waals surface area contributed by atoms with E-state index in [0.717, 1.165) is 63.5 Å². The first-order valence-corrected chi connectivity index (χ1v) is 13.5. The summed E-state index contributed by atoms with van der Waals surface area (Å²) in [6.45, 7) is 12.5. The highest BCUT2D eigenvalue weighted by atomic mass is 79.9. The fraction of sp³-hybridized carbons (Fsp3) is 0.593. The molecule has 7 heteroatoms. The predicted molar refractivity (Wildman–Crippen MR) is 138 cm³/mol. The summed E-state index contributed by atoms with van der Waals surface area (Å²) >= 11 is 3.63. The fourth-order valence-electron chi connectivity index (χ4n) is 6.33. The molecule has 1 amide bonds. The Balaban J connectivity index is 1.13. The summed E-state index contributed by atoms with van der Waals surface area (Å²) in [4.78, 5) is 29.0. The van der Waals surface area contributed by atoms with Crippen LogP contribution in [-0.2, 0) is 6.42 Å². The predicted octanol–water partition coefficient (Wildman–Crippen LogP) is 4.40. The average Bonchev–Trinajstić information content (AvgIpc) is 3.22. The molecule has 0 saturated carbocycles. The number of nitrogens with zero attached hydrogens (tertiary/aromatic N) is 5. The van der Waals surface area contributed by atoms with Gasteiger partial charge in [0, 0.05) is 55.8 Å². The van der Waals surface area contributed by atoms with Gasteiger partial charge in [-0.05, 0) is 75.6 Å². The fourth-order valence-corrected chi connectivity index (χ4v) is 6.74. The largest absolute Gasteiger partial charge is 0.339 e. The molecule has 1 aromatic carbocycles. The number of amides is 1. The van der Waals surface area contributed by atoms with E-state index >= 15 is 0 Å². The molecule has 2 aliphatic heterocycles. The minimum atomic E-state index is 0.0974. The number of hydrogen-bond donors (Lipinski definition) is 0. The lowest BCUT2D eigenvalue weighted by molar-refractivity contribution is 0.0335. The third kappa shape index (κ3) is 4.79. The molecule has 3 heterocycles. The Morgan fingerprint density at radius 1 is 1.06 bits per heavy atom. The molecule has 2 saturated heterocycles. The van der Waals surface area contributed by atoms with Gasteiger partial charge in [0.05, 0.1) is 17.0 Å². The lowest BCUT2D eigenvalue weighted by Crippen LogP contribution is -2.54. The summed E-state index contributed by atoms with van der Waals surface area (Å²) in [5, 5.41) is 0. The second-order valence-electron chi connectivity index (χ2n) is 10.4. The Morgan fingerprint density at radius 2 is 1.79 bits per heavy atom. The molecule has 0 N–H and O–H groups in total. The van der Waals surface area contributed by atoms with Crippen LogP contribution in [0.2, 0.25) is 0 Å². The summed E-state index contributed by atoms with van der Waals surface area (Å²) in [7, 11) is 0. The van der Waals surface area contributed by atoms with E-state index in [-0.39, 0.29) is 5.91 Å². The van der Waals surface area contributed by atoms with Crippen LogP contribution in [0.3, 0.4) is 0 Å². The molecular weight excluding hydrogens is 490 g/mol. The van der Waals surface area contributed by atoms with E-state index in [2.05, 4.69) is 60.8 Å². The standard InChI is InChI=1S/C27H36BrN5O/c1-18-15-31(12-13-33(18)25-7-4-22-14-23(28)5-6-24(22)25)16-21-8-10-32(11-9-21)27(34)26-19(2)29-17-30-20(26)3/h5-6,14,17-18,21,25H,4,7-13,15-16H2,1-3H3/t18-,25?/m0/s1. The van der Waals surface area contributed by atoms with Gasteiger partial charge in [-0.2, -0.15) is 0 Å². The van der Waals surface area contributed by atoms with Gasteiger partial charge in [0.1, 0.15) is 6.33 Å². The molecule has 2 fully saturated rings. The SMILES string of the molecule is Cc1ncnc(C)c1C(=O)N1CCC(CN2CCN(C3CCc4cc(Br)ccc43)[C@@H](C)C2)CC1. The smallest absolute Gasteiger partial charge is 0.257 e. The lowest BCUT2D eigenvalue weighted by Gasteiger charge is -2.45. The topological polar surface area (TPSA) is 52.6 Å². The van der Waals surface area contributed by atoms with E-state index in [1.807, 2.05) is 18.7 Å². The molecule has 2 atom stereocenters. The maximum atomic E-state index is 13.1. The van der Waals surface area contributed by atoms with Crippen LogP contribution in [0.1, 0.15) is 65.1 Å². The number of piperazine rings is 1. The molecule has 182 valence electrons. The van der Waals surface area contributed by atoms with Crippen LogP contribution < -0.4 is 0 Å². The minimum Gasteiger partial charge on any atom is -0.339 e. The second kappa shape index (κ2) is 10.0. The van der Waals surface area contributed by atoms with Crippen molar-refractivity contribution in [3.05, 3.63) is 57.1 Å². The monoisotopic (exact) mass is 525 g/mol. The number of hydrogen-bond acceptors (Lipinski definition) is 5. The van der Waals surface area contributed by atoms with E-state index in [1.165, 1.54) is 28.4 Å².